The van der Waals surface area contributed by atoms with Crippen LogP contribution >= 0.6 is 22.9 Å². The van der Waals surface area contributed by atoms with Gasteiger partial charge in [-0.3, -0.25) is 4.79 Å². The van der Waals surface area contributed by atoms with Crippen LogP contribution < -0.4 is 5.56 Å². The van der Waals surface area contributed by atoms with Crippen molar-refractivity contribution in [3.05, 3.63) is 56.9 Å². The van der Waals surface area contributed by atoms with Crippen molar-refractivity contribution in [2.75, 3.05) is 0 Å². The van der Waals surface area contributed by atoms with Gasteiger partial charge in [0.2, 0.25) is 5.88 Å². The summed E-state index contributed by atoms with van der Waals surface area (Å²) in [6, 6.07) is 7.02. The molecule has 0 saturated heterocycles. The highest BCUT2D eigenvalue weighted by Crippen LogP contribution is 2.30. The molecule has 21 heavy (non-hydrogen) atoms. The number of hydrogen-bond acceptors (Lipinski definition) is 4. The minimum atomic E-state index is -0.548. The Kier molecular flexibility index (Phi) is 3.48. The van der Waals surface area contributed by atoms with Gasteiger partial charge in [-0.05, 0) is 23.8 Å². The Balaban J connectivity index is 2.15. The number of H-pyrrole nitrogens is 1. The van der Waals surface area contributed by atoms with E-state index in [-0.39, 0.29) is 17.0 Å². The molecule has 0 fully saturated rings. The molecule has 2 aromatic heterocycles. The van der Waals surface area contributed by atoms with Gasteiger partial charge in [-0.15, -0.1) is 11.3 Å². The molecule has 0 amide bonds. The molecule has 106 valence electrons. The van der Waals surface area contributed by atoms with E-state index < -0.39 is 17.3 Å². The molecule has 0 aliphatic heterocycles. The van der Waals surface area contributed by atoms with Gasteiger partial charge in [0.05, 0.1) is 9.90 Å². The van der Waals surface area contributed by atoms with Gasteiger partial charge in [-0.25, -0.2) is 4.39 Å². The first-order chi connectivity index (χ1) is 10.0. The Morgan fingerprint density at radius 3 is 2.76 bits per heavy atom. The van der Waals surface area contributed by atoms with Gasteiger partial charge in [0.25, 0.3) is 5.56 Å². The predicted octanol–water partition coefficient (Wildman–Crippen LogP) is 3.66. The van der Waals surface area contributed by atoms with Crippen molar-refractivity contribution in [1.29, 1.82) is 0 Å². The number of aromatic amines is 1. The summed E-state index contributed by atoms with van der Waals surface area (Å²) >= 11 is 7.11. The van der Waals surface area contributed by atoms with E-state index in [9.17, 15) is 14.3 Å². The molecular weight excluding hydrogens is 315 g/mol. The zero-order valence-electron chi connectivity index (χ0n) is 10.4. The summed E-state index contributed by atoms with van der Waals surface area (Å²) in [6.45, 7) is 0. The first-order valence-corrected chi connectivity index (χ1v) is 7.14. The summed E-state index contributed by atoms with van der Waals surface area (Å²) in [5, 5.41) is 12.2. The lowest BCUT2D eigenvalue weighted by molar-refractivity contribution is 0.454. The number of nitrogens with one attached hydrogen (secondary N) is 1. The van der Waals surface area contributed by atoms with Crippen molar-refractivity contribution in [2.45, 2.75) is 0 Å². The third kappa shape index (κ3) is 2.68. The lowest BCUT2D eigenvalue weighted by Crippen LogP contribution is -2.11. The van der Waals surface area contributed by atoms with E-state index in [2.05, 4.69) is 9.97 Å². The average molecular weight is 323 g/mol. The Morgan fingerprint density at radius 1 is 1.33 bits per heavy atom. The predicted molar refractivity (Wildman–Crippen MR) is 80.2 cm³/mol. The highest BCUT2D eigenvalue weighted by molar-refractivity contribution is 7.14. The molecule has 2 heterocycles. The minimum Gasteiger partial charge on any atom is -0.493 e. The molecular formula is C14H8ClFN2O2S. The monoisotopic (exact) mass is 322 g/mol. The average Bonchev–Trinajstić information content (AvgIpc) is 2.85. The first-order valence-electron chi connectivity index (χ1n) is 5.88. The smallest absolute Gasteiger partial charge is 0.262 e. The third-order valence-electron chi connectivity index (χ3n) is 2.81. The van der Waals surface area contributed by atoms with Crippen molar-refractivity contribution in [3.63, 3.8) is 0 Å². The molecule has 0 unspecified atom stereocenters. The number of nitrogens with zero attached hydrogens (tertiary/aromatic N) is 1. The molecule has 7 heteroatoms. The van der Waals surface area contributed by atoms with Gasteiger partial charge in [0.15, 0.2) is 5.82 Å². The van der Waals surface area contributed by atoms with Crippen LogP contribution in [0.25, 0.3) is 21.8 Å². The van der Waals surface area contributed by atoms with Crippen molar-refractivity contribution in [2.24, 2.45) is 0 Å². The van der Waals surface area contributed by atoms with Gasteiger partial charge in [-0.1, -0.05) is 23.7 Å². The summed E-state index contributed by atoms with van der Waals surface area (Å²) in [5.41, 5.74) is -0.356. The Labute approximate surface area is 127 Å². The van der Waals surface area contributed by atoms with Crippen LogP contribution in [0, 0.1) is 5.82 Å². The second kappa shape index (κ2) is 5.31. The number of halogens is 2. The van der Waals surface area contributed by atoms with E-state index in [0.717, 1.165) is 6.07 Å². The van der Waals surface area contributed by atoms with Crippen LogP contribution in [0.2, 0.25) is 5.02 Å². The minimum absolute atomic E-state index is 0.0686. The molecule has 3 rings (SSSR count). The number of thiophene rings is 1. The maximum Gasteiger partial charge on any atom is 0.262 e. The molecule has 0 spiro atoms. The lowest BCUT2D eigenvalue weighted by Gasteiger charge is -2.05. The second-order valence-electron chi connectivity index (χ2n) is 4.25. The number of hydrogen-bond donors (Lipinski definition) is 2. The molecule has 0 saturated carbocycles. The fourth-order valence-corrected chi connectivity index (χ4v) is 2.94. The zero-order chi connectivity index (χ0) is 15.0. The molecule has 3 aromatic rings. The summed E-state index contributed by atoms with van der Waals surface area (Å²) in [5.74, 6) is -0.737. The molecule has 1 aromatic carbocycles. The summed E-state index contributed by atoms with van der Waals surface area (Å²) in [6.07, 6.45) is 0. The van der Waals surface area contributed by atoms with Crippen molar-refractivity contribution in [3.8, 4) is 27.7 Å². The highest BCUT2D eigenvalue weighted by Gasteiger charge is 2.15. The normalized spacial score (nSPS) is 10.8. The van der Waals surface area contributed by atoms with E-state index >= 15 is 0 Å². The number of benzene rings is 1. The fraction of sp³-hybridized carbons (Fsp3) is 0. The van der Waals surface area contributed by atoms with E-state index in [4.69, 9.17) is 11.6 Å². The number of aromatic hydroxyl groups is 1. The Morgan fingerprint density at radius 2 is 2.14 bits per heavy atom. The second-order valence-corrected chi connectivity index (χ2v) is 5.60. The maximum atomic E-state index is 13.2. The van der Waals surface area contributed by atoms with Gasteiger partial charge in [-0.2, -0.15) is 4.98 Å². The molecule has 2 N–H and O–H groups in total. The number of rotatable bonds is 2. The van der Waals surface area contributed by atoms with Crippen LogP contribution in [0.4, 0.5) is 4.39 Å². The van der Waals surface area contributed by atoms with Crippen molar-refractivity contribution >= 4 is 22.9 Å². The van der Waals surface area contributed by atoms with Gasteiger partial charge in [0.1, 0.15) is 11.4 Å². The third-order valence-corrected chi connectivity index (χ3v) is 4.10. The van der Waals surface area contributed by atoms with Crippen LogP contribution in [0.3, 0.4) is 0 Å². The molecule has 0 radical (unpaired) electrons. The fourth-order valence-electron chi connectivity index (χ4n) is 1.92. The molecule has 0 aliphatic rings. The first kappa shape index (κ1) is 13.8. The van der Waals surface area contributed by atoms with Gasteiger partial charge >= 0.3 is 0 Å². The molecule has 4 nitrogen and oxygen atoms in total. The van der Waals surface area contributed by atoms with Gasteiger partial charge in [0, 0.05) is 5.38 Å². The quantitative estimate of drug-likeness (QED) is 0.756. The highest BCUT2D eigenvalue weighted by atomic mass is 35.5. The maximum absolute atomic E-state index is 13.2. The summed E-state index contributed by atoms with van der Waals surface area (Å²) < 4.78 is 13.2. The SMILES string of the molecule is O=c1[nH]c(-c2cc(Cl)cs2)nc(O)c1-c1cccc(F)c1. The van der Waals surface area contributed by atoms with E-state index in [1.165, 1.54) is 29.5 Å². The Hall–Kier alpha value is -2.18. The van der Waals surface area contributed by atoms with E-state index in [1.54, 1.807) is 11.4 Å². The van der Waals surface area contributed by atoms with Crippen molar-refractivity contribution < 1.29 is 9.50 Å². The lowest BCUT2D eigenvalue weighted by atomic mass is 10.1. The topological polar surface area (TPSA) is 66.0 Å². The Bertz CT molecular complexity index is 875. The van der Waals surface area contributed by atoms with E-state index in [0.29, 0.717) is 9.90 Å². The standard InChI is InChI=1S/C14H8ClFN2O2S/c15-8-5-10(21-6-8)12-17-13(19)11(14(20)18-12)7-2-1-3-9(16)4-7/h1-6H,(H2,17,18,19,20). The largest absolute Gasteiger partial charge is 0.493 e. The molecule has 0 atom stereocenters. The van der Waals surface area contributed by atoms with Crippen LogP contribution in [0.5, 0.6) is 5.88 Å². The molecule has 0 bridgehead atoms. The van der Waals surface area contributed by atoms with Crippen LogP contribution in [-0.2, 0) is 0 Å². The van der Waals surface area contributed by atoms with Crippen LogP contribution in [0.15, 0.2) is 40.5 Å². The summed E-state index contributed by atoms with van der Waals surface area (Å²) in [4.78, 5) is 19.3. The number of aromatic nitrogens is 2. The summed E-state index contributed by atoms with van der Waals surface area (Å²) in [7, 11) is 0. The molecule has 0 aliphatic carbocycles. The van der Waals surface area contributed by atoms with E-state index in [1.807, 2.05) is 0 Å². The zero-order valence-corrected chi connectivity index (χ0v) is 12.0. The van der Waals surface area contributed by atoms with Crippen molar-refractivity contribution in [1.82, 2.24) is 9.97 Å². The van der Waals surface area contributed by atoms with Gasteiger partial charge < -0.3 is 10.1 Å². The van der Waals surface area contributed by atoms with Crippen LogP contribution in [0.1, 0.15) is 0 Å². The van der Waals surface area contributed by atoms with Crippen LogP contribution in [-0.4, -0.2) is 15.1 Å².